The molecule has 8 nitrogen and oxygen atoms in total. The standard InChI is InChI=1S/C24H39N7O/c1-6-21(7-2)22(30-10-12-32-13-11-30)17-28-24(25-5)27-16-20-8-9-23(26-15-20)31-19(4)14-18(3)29-31/h8-9,14-15,21-22H,6-7,10-13,16-17H2,1-5H3,(H2,25,27,28). The average Bonchev–Trinajstić information content (AvgIpc) is 3.17. The van der Waals surface area contributed by atoms with Gasteiger partial charge in [0.1, 0.15) is 0 Å². The minimum absolute atomic E-state index is 0.481. The van der Waals surface area contributed by atoms with Gasteiger partial charge in [0.05, 0.1) is 18.9 Å². The van der Waals surface area contributed by atoms with E-state index in [1.807, 2.05) is 37.8 Å². The van der Waals surface area contributed by atoms with E-state index in [4.69, 9.17) is 4.74 Å². The number of morpholine rings is 1. The van der Waals surface area contributed by atoms with E-state index >= 15 is 0 Å². The summed E-state index contributed by atoms with van der Waals surface area (Å²) in [6, 6.07) is 6.63. The zero-order valence-corrected chi connectivity index (χ0v) is 20.3. The van der Waals surface area contributed by atoms with Gasteiger partial charge < -0.3 is 15.4 Å². The zero-order chi connectivity index (χ0) is 22.9. The maximum atomic E-state index is 5.57. The number of pyridine rings is 1. The summed E-state index contributed by atoms with van der Waals surface area (Å²) < 4.78 is 7.44. The van der Waals surface area contributed by atoms with Crippen LogP contribution in [0.2, 0.25) is 0 Å². The van der Waals surface area contributed by atoms with Crippen LogP contribution >= 0.6 is 0 Å². The summed E-state index contributed by atoms with van der Waals surface area (Å²) in [6.45, 7) is 13.8. The third-order valence-electron chi connectivity index (χ3n) is 6.31. The molecule has 0 aromatic carbocycles. The van der Waals surface area contributed by atoms with Crippen molar-refractivity contribution in [1.82, 2.24) is 30.3 Å². The summed E-state index contributed by atoms with van der Waals surface area (Å²) in [6.07, 6.45) is 4.26. The van der Waals surface area contributed by atoms with Crippen LogP contribution < -0.4 is 10.6 Å². The molecule has 176 valence electrons. The van der Waals surface area contributed by atoms with Crippen LogP contribution in [0.15, 0.2) is 29.4 Å². The van der Waals surface area contributed by atoms with Crippen molar-refractivity contribution in [2.24, 2.45) is 10.9 Å². The predicted molar refractivity (Wildman–Crippen MR) is 129 cm³/mol. The van der Waals surface area contributed by atoms with E-state index in [9.17, 15) is 0 Å². The van der Waals surface area contributed by atoms with Crippen LogP contribution in [0.5, 0.6) is 0 Å². The van der Waals surface area contributed by atoms with Crippen LogP contribution in [0, 0.1) is 19.8 Å². The van der Waals surface area contributed by atoms with Crippen molar-refractivity contribution in [2.75, 3.05) is 39.9 Å². The van der Waals surface area contributed by atoms with Gasteiger partial charge in [-0.3, -0.25) is 9.89 Å². The summed E-state index contributed by atoms with van der Waals surface area (Å²) in [5.41, 5.74) is 3.18. The van der Waals surface area contributed by atoms with Gasteiger partial charge in [0.25, 0.3) is 0 Å². The molecule has 2 N–H and O–H groups in total. The second kappa shape index (κ2) is 12.0. The molecule has 0 aliphatic carbocycles. The fourth-order valence-corrected chi connectivity index (χ4v) is 4.45. The molecular weight excluding hydrogens is 402 g/mol. The van der Waals surface area contributed by atoms with Gasteiger partial charge in [0.2, 0.25) is 0 Å². The minimum atomic E-state index is 0.481. The molecule has 2 aromatic heterocycles. The van der Waals surface area contributed by atoms with Gasteiger partial charge in [0, 0.05) is 51.2 Å². The first kappa shape index (κ1) is 24.2. The highest BCUT2D eigenvalue weighted by Gasteiger charge is 2.27. The lowest BCUT2D eigenvalue weighted by molar-refractivity contribution is 0.00272. The molecule has 2 aromatic rings. The molecule has 0 spiro atoms. The normalized spacial score (nSPS) is 16.4. The molecular formula is C24H39N7O. The number of guanidine groups is 1. The Morgan fingerprint density at radius 2 is 1.91 bits per heavy atom. The molecule has 3 rings (SSSR count). The van der Waals surface area contributed by atoms with Crippen molar-refractivity contribution in [3.8, 4) is 5.82 Å². The van der Waals surface area contributed by atoms with Gasteiger partial charge in [-0.25, -0.2) is 9.67 Å². The Hall–Kier alpha value is -2.45. The van der Waals surface area contributed by atoms with Gasteiger partial charge in [-0.15, -0.1) is 0 Å². The minimum Gasteiger partial charge on any atom is -0.379 e. The van der Waals surface area contributed by atoms with Crippen LogP contribution in [0.25, 0.3) is 5.82 Å². The third kappa shape index (κ3) is 6.29. The summed E-state index contributed by atoms with van der Waals surface area (Å²) >= 11 is 0. The van der Waals surface area contributed by atoms with Crippen molar-refractivity contribution in [3.05, 3.63) is 41.3 Å². The monoisotopic (exact) mass is 441 g/mol. The van der Waals surface area contributed by atoms with E-state index in [0.29, 0.717) is 18.5 Å². The van der Waals surface area contributed by atoms with Gasteiger partial charge >= 0.3 is 0 Å². The van der Waals surface area contributed by atoms with Crippen LogP contribution in [0.4, 0.5) is 0 Å². The van der Waals surface area contributed by atoms with Gasteiger partial charge in [-0.1, -0.05) is 32.8 Å². The van der Waals surface area contributed by atoms with Crippen molar-refractivity contribution >= 4 is 5.96 Å². The molecule has 1 fully saturated rings. The Labute approximate surface area is 192 Å². The fourth-order valence-electron chi connectivity index (χ4n) is 4.45. The molecule has 0 radical (unpaired) electrons. The number of hydrogen-bond acceptors (Lipinski definition) is 5. The molecule has 0 saturated carbocycles. The number of aliphatic imine (C=N–C) groups is 1. The van der Waals surface area contributed by atoms with Crippen LogP contribution in [-0.2, 0) is 11.3 Å². The van der Waals surface area contributed by atoms with Crippen molar-refractivity contribution in [2.45, 2.75) is 53.1 Å². The van der Waals surface area contributed by atoms with E-state index in [1.54, 1.807) is 0 Å². The van der Waals surface area contributed by atoms with Crippen LogP contribution in [0.3, 0.4) is 0 Å². The smallest absolute Gasteiger partial charge is 0.191 e. The second-order valence-corrected chi connectivity index (χ2v) is 8.46. The number of hydrogen-bond donors (Lipinski definition) is 2. The maximum Gasteiger partial charge on any atom is 0.191 e. The SMILES string of the molecule is CCC(CC)C(CNC(=NC)NCc1ccc(-n2nc(C)cc2C)nc1)N1CCOCC1. The quantitative estimate of drug-likeness (QED) is 0.460. The van der Waals surface area contributed by atoms with Crippen LogP contribution in [0.1, 0.15) is 43.6 Å². The second-order valence-electron chi connectivity index (χ2n) is 8.46. The summed E-state index contributed by atoms with van der Waals surface area (Å²) in [4.78, 5) is 11.6. The van der Waals surface area contributed by atoms with Crippen molar-refractivity contribution in [1.29, 1.82) is 0 Å². The number of aromatic nitrogens is 3. The zero-order valence-electron chi connectivity index (χ0n) is 20.3. The van der Waals surface area contributed by atoms with E-state index < -0.39 is 0 Å². The Balaban J connectivity index is 1.56. The van der Waals surface area contributed by atoms with E-state index in [1.165, 1.54) is 12.8 Å². The van der Waals surface area contributed by atoms with Gasteiger partial charge in [-0.05, 0) is 37.5 Å². The van der Waals surface area contributed by atoms with Crippen molar-refractivity contribution in [3.63, 3.8) is 0 Å². The molecule has 1 unspecified atom stereocenters. The van der Waals surface area contributed by atoms with E-state index in [0.717, 1.165) is 61.6 Å². The van der Waals surface area contributed by atoms with Crippen LogP contribution in [-0.4, -0.2) is 71.6 Å². The lowest BCUT2D eigenvalue weighted by Gasteiger charge is -2.39. The number of ether oxygens (including phenoxy) is 1. The Kier molecular flexibility index (Phi) is 9.05. The molecule has 8 heteroatoms. The topological polar surface area (TPSA) is 79.6 Å². The number of nitrogens with zero attached hydrogens (tertiary/aromatic N) is 5. The first-order valence-electron chi connectivity index (χ1n) is 11.8. The molecule has 0 bridgehead atoms. The number of rotatable bonds is 9. The molecule has 1 aliphatic heterocycles. The van der Waals surface area contributed by atoms with Gasteiger partial charge in [0.15, 0.2) is 11.8 Å². The Morgan fingerprint density at radius 1 is 1.16 bits per heavy atom. The lowest BCUT2D eigenvalue weighted by Crippen LogP contribution is -2.53. The average molecular weight is 442 g/mol. The van der Waals surface area contributed by atoms with E-state index in [-0.39, 0.29) is 0 Å². The Bertz CT molecular complexity index is 852. The maximum absolute atomic E-state index is 5.57. The summed E-state index contributed by atoms with van der Waals surface area (Å²) in [7, 11) is 1.82. The van der Waals surface area contributed by atoms with E-state index in [2.05, 4.69) is 56.6 Å². The Morgan fingerprint density at radius 3 is 2.47 bits per heavy atom. The predicted octanol–water partition coefficient (Wildman–Crippen LogP) is 2.69. The number of aryl methyl sites for hydroxylation is 2. The first-order chi connectivity index (χ1) is 15.5. The summed E-state index contributed by atoms with van der Waals surface area (Å²) in [5.74, 6) is 2.31. The largest absolute Gasteiger partial charge is 0.379 e. The molecule has 32 heavy (non-hydrogen) atoms. The van der Waals surface area contributed by atoms with Gasteiger partial charge in [-0.2, -0.15) is 5.10 Å². The lowest BCUT2D eigenvalue weighted by atomic mass is 9.92. The third-order valence-corrected chi connectivity index (χ3v) is 6.31. The van der Waals surface area contributed by atoms with Crippen molar-refractivity contribution < 1.29 is 4.74 Å². The molecule has 1 atom stereocenters. The molecule has 1 aliphatic rings. The fraction of sp³-hybridized carbons (Fsp3) is 0.625. The highest BCUT2D eigenvalue weighted by molar-refractivity contribution is 5.79. The highest BCUT2D eigenvalue weighted by atomic mass is 16.5. The first-order valence-corrected chi connectivity index (χ1v) is 11.8. The number of nitrogens with one attached hydrogen (secondary N) is 2. The highest BCUT2D eigenvalue weighted by Crippen LogP contribution is 2.19. The molecule has 0 amide bonds. The summed E-state index contributed by atoms with van der Waals surface area (Å²) in [5, 5.41) is 11.5. The molecule has 3 heterocycles. The molecule has 1 saturated heterocycles.